The molecule has 7 heteroatoms. The molecule has 0 bridgehead atoms. The van der Waals surface area contributed by atoms with Crippen LogP contribution in [0.5, 0.6) is 0 Å². The fraction of sp³-hybridized carbons (Fsp3) is 0.500. The first-order valence-electron chi connectivity index (χ1n) is 5.92. The van der Waals surface area contributed by atoms with E-state index in [0.717, 1.165) is 11.3 Å². The highest BCUT2D eigenvalue weighted by Crippen LogP contribution is 2.30. The number of carboxylic acid groups (broad SMARTS) is 1. The smallest absolute Gasteiger partial charge is 0.338 e. The van der Waals surface area contributed by atoms with Gasteiger partial charge in [0.1, 0.15) is 10.6 Å². The Kier molecular flexibility index (Phi) is 3.51. The minimum absolute atomic E-state index is 0.0767. The lowest BCUT2D eigenvalue weighted by atomic mass is 9.83. The second kappa shape index (κ2) is 4.82. The molecule has 3 N–H and O–H groups in total. The molecule has 0 spiro atoms. The average Bonchev–Trinajstić information content (AvgIpc) is 2.72. The van der Waals surface area contributed by atoms with Gasteiger partial charge in [-0.2, -0.15) is 0 Å². The molecule has 0 unspecified atom stereocenters. The summed E-state index contributed by atoms with van der Waals surface area (Å²) in [5.74, 6) is -0.994. The number of anilines is 1. The van der Waals surface area contributed by atoms with Crippen molar-refractivity contribution in [3.8, 4) is 0 Å². The van der Waals surface area contributed by atoms with Crippen LogP contribution < -0.4 is 5.32 Å². The third-order valence-corrected chi connectivity index (χ3v) is 4.24. The van der Waals surface area contributed by atoms with Crippen molar-refractivity contribution in [3.05, 3.63) is 17.0 Å². The molecule has 6 nitrogen and oxygen atoms in total. The number of nitrogens with one attached hydrogen (secondary N) is 1. The number of hydrogen-bond acceptors (Lipinski definition) is 4. The first-order valence-corrected chi connectivity index (χ1v) is 6.80. The number of urea groups is 1. The van der Waals surface area contributed by atoms with Gasteiger partial charge in [0.15, 0.2) is 0 Å². The summed E-state index contributed by atoms with van der Waals surface area (Å²) in [7, 11) is 0. The number of thiophene rings is 1. The van der Waals surface area contributed by atoms with Gasteiger partial charge in [-0.25, -0.2) is 9.59 Å². The van der Waals surface area contributed by atoms with E-state index in [2.05, 4.69) is 5.32 Å². The molecule has 1 fully saturated rings. The predicted octanol–water partition coefficient (Wildman–Crippen LogP) is 1.68. The predicted molar refractivity (Wildman–Crippen MR) is 71.7 cm³/mol. The number of aromatic carboxylic acids is 1. The van der Waals surface area contributed by atoms with Gasteiger partial charge >= 0.3 is 12.0 Å². The topological polar surface area (TPSA) is 89.9 Å². The van der Waals surface area contributed by atoms with Gasteiger partial charge in [-0.3, -0.25) is 5.32 Å². The number of amides is 2. The summed E-state index contributed by atoms with van der Waals surface area (Å²) in [6.45, 7) is 4.34. The van der Waals surface area contributed by atoms with E-state index in [-0.39, 0.29) is 30.6 Å². The highest BCUT2D eigenvalue weighted by Gasteiger charge is 2.46. The summed E-state index contributed by atoms with van der Waals surface area (Å²) in [5, 5.41) is 23.5. The largest absolute Gasteiger partial charge is 0.478 e. The van der Waals surface area contributed by atoms with Crippen LogP contribution in [-0.4, -0.2) is 45.8 Å². The van der Waals surface area contributed by atoms with Gasteiger partial charge in [-0.1, -0.05) is 13.8 Å². The standard InChI is InChI=1S/C12H16N2O4S/c1-7(2)12(18)5-14(6-12)11(17)13-9-8(10(15)16)3-4-19-9/h3-4,7,18H,5-6H2,1-2H3,(H,13,17)(H,15,16). The summed E-state index contributed by atoms with van der Waals surface area (Å²) in [6.07, 6.45) is 0. The van der Waals surface area contributed by atoms with E-state index in [1.165, 1.54) is 11.0 Å². The van der Waals surface area contributed by atoms with Crippen molar-refractivity contribution in [3.63, 3.8) is 0 Å². The quantitative estimate of drug-likeness (QED) is 0.787. The van der Waals surface area contributed by atoms with E-state index in [1.807, 2.05) is 13.8 Å². The molecule has 0 radical (unpaired) electrons. The molecular weight excluding hydrogens is 268 g/mol. The summed E-state index contributed by atoms with van der Waals surface area (Å²) in [4.78, 5) is 24.3. The normalized spacial score (nSPS) is 17.2. The molecule has 0 atom stereocenters. The van der Waals surface area contributed by atoms with Crippen LogP contribution >= 0.6 is 11.3 Å². The molecule has 1 aromatic rings. The van der Waals surface area contributed by atoms with Gasteiger partial charge in [-0.15, -0.1) is 11.3 Å². The Morgan fingerprint density at radius 2 is 2.11 bits per heavy atom. The zero-order chi connectivity index (χ0) is 14.2. The van der Waals surface area contributed by atoms with E-state index in [0.29, 0.717) is 5.00 Å². The van der Waals surface area contributed by atoms with Crippen LogP contribution in [0.25, 0.3) is 0 Å². The highest BCUT2D eigenvalue weighted by molar-refractivity contribution is 7.14. The molecule has 1 aliphatic heterocycles. The lowest BCUT2D eigenvalue weighted by molar-refractivity contribution is -0.105. The van der Waals surface area contributed by atoms with E-state index < -0.39 is 11.6 Å². The third kappa shape index (κ3) is 2.57. The Morgan fingerprint density at radius 3 is 2.63 bits per heavy atom. The van der Waals surface area contributed by atoms with Gasteiger partial charge in [0.05, 0.1) is 18.7 Å². The molecule has 19 heavy (non-hydrogen) atoms. The third-order valence-electron chi connectivity index (χ3n) is 3.41. The zero-order valence-corrected chi connectivity index (χ0v) is 11.5. The van der Waals surface area contributed by atoms with Gasteiger partial charge in [0, 0.05) is 0 Å². The number of carbonyl (C=O) groups excluding carboxylic acids is 1. The van der Waals surface area contributed by atoms with Gasteiger partial charge in [0.25, 0.3) is 0 Å². The maximum Gasteiger partial charge on any atom is 0.338 e. The molecule has 2 amide bonds. The van der Waals surface area contributed by atoms with Crippen molar-refractivity contribution < 1.29 is 19.8 Å². The van der Waals surface area contributed by atoms with Crippen molar-refractivity contribution >= 4 is 28.3 Å². The Balaban J connectivity index is 1.97. The van der Waals surface area contributed by atoms with E-state index >= 15 is 0 Å². The van der Waals surface area contributed by atoms with Crippen LogP contribution in [0.15, 0.2) is 11.4 Å². The summed E-state index contributed by atoms with van der Waals surface area (Å²) >= 11 is 1.16. The van der Waals surface area contributed by atoms with Crippen molar-refractivity contribution in [2.24, 2.45) is 5.92 Å². The van der Waals surface area contributed by atoms with Crippen LogP contribution in [0.1, 0.15) is 24.2 Å². The highest BCUT2D eigenvalue weighted by atomic mass is 32.1. The number of aliphatic hydroxyl groups is 1. The van der Waals surface area contributed by atoms with Crippen LogP contribution in [0, 0.1) is 5.92 Å². The van der Waals surface area contributed by atoms with Gasteiger partial charge < -0.3 is 15.1 Å². The molecule has 0 aliphatic carbocycles. The average molecular weight is 284 g/mol. The van der Waals surface area contributed by atoms with E-state index in [1.54, 1.807) is 5.38 Å². The van der Waals surface area contributed by atoms with Crippen molar-refractivity contribution in [2.75, 3.05) is 18.4 Å². The van der Waals surface area contributed by atoms with Crippen molar-refractivity contribution in [1.29, 1.82) is 0 Å². The number of nitrogens with zero attached hydrogens (tertiary/aromatic N) is 1. The second-order valence-electron chi connectivity index (χ2n) is 5.01. The van der Waals surface area contributed by atoms with Gasteiger partial charge in [-0.05, 0) is 17.4 Å². The Hall–Kier alpha value is -1.60. The van der Waals surface area contributed by atoms with Crippen LogP contribution in [-0.2, 0) is 0 Å². The molecule has 2 heterocycles. The number of hydrogen-bond donors (Lipinski definition) is 3. The number of carboxylic acids is 1. The van der Waals surface area contributed by atoms with Crippen LogP contribution in [0.4, 0.5) is 9.80 Å². The molecule has 1 aromatic heterocycles. The molecule has 2 rings (SSSR count). The minimum Gasteiger partial charge on any atom is -0.478 e. The van der Waals surface area contributed by atoms with Crippen molar-refractivity contribution in [1.82, 2.24) is 4.90 Å². The lowest BCUT2D eigenvalue weighted by Crippen LogP contribution is -2.66. The Bertz CT molecular complexity index is 506. The first-order chi connectivity index (χ1) is 8.83. The van der Waals surface area contributed by atoms with E-state index in [9.17, 15) is 14.7 Å². The summed E-state index contributed by atoms with van der Waals surface area (Å²) in [6, 6.07) is 1.07. The zero-order valence-electron chi connectivity index (χ0n) is 10.7. The first kappa shape index (κ1) is 13.8. The Morgan fingerprint density at radius 1 is 1.47 bits per heavy atom. The molecule has 104 valence electrons. The van der Waals surface area contributed by atoms with Crippen LogP contribution in [0.3, 0.4) is 0 Å². The second-order valence-corrected chi connectivity index (χ2v) is 5.93. The monoisotopic (exact) mass is 284 g/mol. The lowest BCUT2D eigenvalue weighted by Gasteiger charge is -2.48. The summed E-state index contributed by atoms with van der Waals surface area (Å²) in [5.41, 5.74) is -0.749. The maximum absolute atomic E-state index is 11.9. The fourth-order valence-electron chi connectivity index (χ4n) is 1.87. The molecule has 1 aliphatic rings. The SMILES string of the molecule is CC(C)C1(O)CN(C(=O)Nc2sccc2C(=O)O)C1. The number of carbonyl (C=O) groups is 2. The van der Waals surface area contributed by atoms with Crippen LogP contribution in [0.2, 0.25) is 0 Å². The molecular formula is C12H16N2O4S. The number of rotatable bonds is 3. The summed E-state index contributed by atoms with van der Waals surface area (Å²) < 4.78 is 0. The van der Waals surface area contributed by atoms with E-state index in [4.69, 9.17) is 5.11 Å². The Labute approximate surface area is 114 Å². The van der Waals surface area contributed by atoms with Gasteiger partial charge in [0.2, 0.25) is 0 Å². The maximum atomic E-state index is 11.9. The minimum atomic E-state index is -1.07. The molecule has 0 saturated carbocycles. The fourth-order valence-corrected chi connectivity index (χ4v) is 2.64. The van der Waals surface area contributed by atoms with Crippen molar-refractivity contribution in [2.45, 2.75) is 19.4 Å². The molecule has 1 saturated heterocycles. The molecule has 0 aromatic carbocycles. The number of likely N-dealkylation sites (tertiary alicyclic amines) is 1. The number of β-amino-alcohol motifs (C(OH)–C–C–N with tert-alkyl or cyclic N) is 1.